The highest BCUT2D eigenvalue weighted by Gasteiger charge is 2.29. The predicted octanol–water partition coefficient (Wildman–Crippen LogP) is 5.17. The highest BCUT2D eigenvalue weighted by molar-refractivity contribution is 7.89. The van der Waals surface area contributed by atoms with E-state index in [2.05, 4.69) is 12.1 Å². The average Bonchev–Trinajstić information content (AvgIpc) is 2.73. The van der Waals surface area contributed by atoms with Gasteiger partial charge < -0.3 is 0 Å². The zero-order valence-electron chi connectivity index (χ0n) is 15.9. The Bertz CT molecular complexity index is 1100. The largest absolute Gasteiger partial charge is 0.264 e. The minimum Gasteiger partial charge on any atom is -0.262 e. The number of fused-ring (bicyclic) bond motifs is 1. The van der Waals surface area contributed by atoms with Gasteiger partial charge in [-0.3, -0.25) is 4.31 Å². The van der Waals surface area contributed by atoms with E-state index in [-0.39, 0.29) is 0 Å². The highest BCUT2D eigenvalue weighted by atomic mass is 32.2. The highest BCUT2D eigenvalue weighted by Crippen LogP contribution is 2.34. The second kappa shape index (κ2) is 7.64. The SMILES string of the molecule is Cc1ccc(S(=O)(=O)N(Cc2ccccc2)C2=CCCc3ccccc32)cc1. The summed E-state index contributed by atoms with van der Waals surface area (Å²) in [6.45, 7) is 2.26. The van der Waals surface area contributed by atoms with Crippen LogP contribution in [0.3, 0.4) is 0 Å². The van der Waals surface area contributed by atoms with Crippen LogP contribution in [0.25, 0.3) is 5.70 Å². The minimum absolute atomic E-state index is 0.303. The van der Waals surface area contributed by atoms with Crippen LogP contribution in [0.5, 0.6) is 0 Å². The zero-order valence-corrected chi connectivity index (χ0v) is 16.7. The Labute approximate surface area is 167 Å². The van der Waals surface area contributed by atoms with Crippen molar-refractivity contribution in [2.24, 2.45) is 0 Å². The van der Waals surface area contributed by atoms with Crippen molar-refractivity contribution in [1.29, 1.82) is 0 Å². The number of allylic oxidation sites excluding steroid dienone is 1. The van der Waals surface area contributed by atoms with Crippen molar-refractivity contribution in [3.63, 3.8) is 0 Å². The smallest absolute Gasteiger partial charge is 0.262 e. The van der Waals surface area contributed by atoms with Crippen molar-refractivity contribution >= 4 is 15.7 Å². The van der Waals surface area contributed by atoms with Gasteiger partial charge >= 0.3 is 0 Å². The molecule has 4 heteroatoms. The van der Waals surface area contributed by atoms with Crippen molar-refractivity contribution in [3.05, 3.63) is 107 Å². The first kappa shape index (κ1) is 18.5. The Balaban J connectivity index is 1.83. The van der Waals surface area contributed by atoms with Gasteiger partial charge in [0.25, 0.3) is 10.0 Å². The fourth-order valence-corrected chi connectivity index (χ4v) is 5.07. The van der Waals surface area contributed by atoms with Gasteiger partial charge in [-0.1, -0.05) is 78.4 Å². The van der Waals surface area contributed by atoms with Crippen molar-refractivity contribution in [1.82, 2.24) is 4.31 Å². The molecule has 0 fully saturated rings. The third kappa shape index (κ3) is 3.60. The van der Waals surface area contributed by atoms with E-state index in [9.17, 15) is 8.42 Å². The van der Waals surface area contributed by atoms with Crippen LogP contribution in [-0.2, 0) is 23.0 Å². The molecule has 0 N–H and O–H groups in total. The van der Waals surface area contributed by atoms with Crippen LogP contribution in [0.2, 0.25) is 0 Å². The summed E-state index contributed by atoms with van der Waals surface area (Å²) in [6.07, 6.45) is 3.82. The third-order valence-electron chi connectivity index (χ3n) is 5.09. The van der Waals surface area contributed by atoms with Gasteiger partial charge in [0.1, 0.15) is 0 Å². The molecule has 0 atom stereocenters. The number of hydrogen-bond acceptors (Lipinski definition) is 2. The van der Waals surface area contributed by atoms with E-state index in [0.717, 1.165) is 35.2 Å². The second-order valence-corrected chi connectivity index (χ2v) is 8.96. The molecule has 0 aromatic heterocycles. The Morgan fingerprint density at radius 1 is 0.857 bits per heavy atom. The second-order valence-electron chi connectivity index (χ2n) is 7.10. The molecule has 3 aromatic rings. The zero-order chi connectivity index (χ0) is 19.6. The molecular formula is C24H23NO2S. The Morgan fingerprint density at radius 2 is 1.54 bits per heavy atom. The van der Waals surface area contributed by atoms with E-state index < -0.39 is 10.0 Å². The first-order valence-corrected chi connectivity index (χ1v) is 10.9. The average molecular weight is 390 g/mol. The molecule has 0 radical (unpaired) electrons. The minimum atomic E-state index is -3.69. The quantitative estimate of drug-likeness (QED) is 0.603. The van der Waals surface area contributed by atoms with Gasteiger partial charge in [0.15, 0.2) is 0 Å². The summed E-state index contributed by atoms with van der Waals surface area (Å²) >= 11 is 0. The molecule has 0 bridgehead atoms. The van der Waals surface area contributed by atoms with E-state index in [1.165, 1.54) is 5.56 Å². The normalized spacial score (nSPS) is 13.5. The first-order valence-electron chi connectivity index (χ1n) is 9.47. The van der Waals surface area contributed by atoms with E-state index >= 15 is 0 Å². The summed E-state index contributed by atoms with van der Waals surface area (Å²) in [4.78, 5) is 0.318. The molecule has 1 aliphatic rings. The Kier molecular flexibility index (Phi) is 5.05. The van der Waals surface area contributed by atoms with Gasteiger partial charge in [0.05, 0.1) is 17.1 Å². The summed E-state index contributed by atoms with van der Waals surface area (Å²) in [5.41, 5.74) is 4.96. The van der Waals surface area contributed by atoms with Crippen LogP contribution in [-0.4, -0.2) is 12.7 Å². The van der Waals surface area contributed by atoms with Crippen LogP contribution in [0, 0.1) is 6.92 Å². The summed E-state index contributed by atoms with van der Waals surface area (Å²) in [7, 11) is -3.69. The first-order chi connectivity index (χ1) is 13.6. The number of aryl methyl sites for hydroxylation is 2. The lowest BCUT2D eigenvalue weighted by atomic mass is 9.94. The Morgan fingerprint density at radius 3 is 2.29 bits per heavy atom. The molecule has 3 nitrogen and oxygen atoms in total. The summed E-state index contributed by atoms with van der Waals surface area (Å²) in [5.74, 6) is 0. The van der Waals surface area contributed by atoms with Gasteiger partial charge in [-0.25, -0.2) is 8.42 Å². The fraction of sp³-hybridized carbons (Fsp3) is 0.167. The van der Waals surface area contributed by atoms with Gasteiger partial charge in [0.2, 0.25) is 0 Å². The van der Waals surface area contributed by atoms with Gasteiger partial charge in [-0.15, -0.1) is 0 Å². The summed E-state index contributed by atoms with van der Waals surface area (Å²) in [6, 6.07) is 24.9. The van der Waals surface area contributed by atoms with Crippen molar-refractivity contribution in [2.45, 2.75) is 31.2 Å². The molecule has 0 saturated heterocycles. The standard InChI is InChI=1S/C24H23NO2S/c1-19-14-16-22(17-15-19)28(26,27)25(18-20-8-3-2-4-9-20)24-13-7-11-21-10-5-6-12-23(21)24/h2-6,8-10,12-17H,7,11,18H2,1H3. The van der Waals surface area contributed by atoms with Crippen LogP contribution >= 0.6 is 0 Å². The van der Waals surface area contributed by atoms with Crippen LogP contribution < -0.4 is 0 Å². The van der Waals surface area contributed by atoms with Crippen molar-refractivity contribution < 1.29 is 8.42 Å². The molecule has 142 valence electrons. The lowest BCUT2D eigenvalue weighted by Crippen LogP contribution is -2.30. The molecule has 0 spiro atoms. The number of nitrogens with zero attached hydrogens (tertiary/aromatic N) is 1. The van der Waals surface area contributed by atoms with E-state index in [4.69, 9.17) is 0 Å². The maximum Gasteiger partial charge on any atom is 0.264 e. The predicted molar refractivity (Wildman–Crippen MR) is 113 cm³/mol. The van der Waals surface area contributed by atoms with Crippen molar-refractivity contribution in [3.8, 4) is 0 Å². The molecule has 28 heavy (non-hydrogen) atoms. The van der Waals surface area contributed by atoms with E-state index in [0.29, 0.717) is 11.4 Å². The topological polar surface area (TPSA) is 37.4 Å². The molecule has 3 aromatic carbocycles. The summed E-state index contributed by atoms with van der Waals surface area (Å²) in [5, 5.41) is 0. The van der Waals surface area contributed by atoms with Gasteiger partial charge in [-0.05, 0) is 43.0 Å². The van der Waals surface area contributed by atoms with Crippen LogP contribution in [0.4, 0.5) is 0 Å². The molecule has 0 aliphatic heterocycles. The number of hydrogen-bond donors (Lipinski definition) is 0. The lowest BCUT2D eigenvalue weighted by Gasteiger charge is -2.30. The number of rotatable bonds is 5. The molecule has 0 unspecified atom stereocenters. The van der Waals surface area contributed by atoms with Gasteiger partial charge in [-0.2, -0.15) is 0 Å². The molecular weight excluding hydrogens is 366 g/mol. The van der Waals surface area contributed by atoms with Crippen LogP contribution in [0.15, 0.2) is 89.8 Å². The molecule has 0 amide bonds. The lowest BCUT2D eigenvalue weighted by molar-refractivity contribution is 0.505. The number of sulfonamides is 1. The van der Waals surface area contributed by atoms with E-state index in [1.807, 2.05) is 67.6 Å². The van der Waals surface area contributed by atoms with E-state index in [1.54, 1.807) is 16.4 Å². The van der Waals surface area contributed by atoms with Gasteiger partial charge in [0, 0.05) is 5.56 Å². The maximum atomic E-state index is 13.6. The molecule has 0 heterocycles. The molecule has 0 saturated carbocycles. The van der Waals surface area contributed by atoms with Crippen LogP contribution in [0.1, 0.15) is 28.7 Å². The fourth-order valence-electron chi connectivity index (χ4n) is 3.59. The monoisotopic (exact) mass is 389 g/mol. The molecule has 1 aliphatic carbocycles. The molecule has 4 rings (SSSR count). The van der Waals surface area contributed by atoms with Crippen molar-refractivity contribution in [2.75, 3.05) is 0 Å². The maximum absolute atomic E-state index is 13.6. The Hall–Kier alpha value is -2.85. The number of benzene rings is 3. The third-order valence-corrected chi connectivity index (χ3v) is 6.87. The summed E-state index contributed by atoms with van der Waals surface area (Å²) < 4.78 is 28.8.